The summed E-state index contributed by atoms with van der Waals surface area (Å²) < 4.78 is 11.0. The summed E-state index contributed by atoms with van der Waals surface area (Å²) >= 11 is 0. The Labute approximate surface area is 140 Å². The average Bonchev–Trinajstić information content (AvgIpc) is 3.05. The fourth-order valence-corrected chi connectivity index (χ4v) is 2.46. The van der Waals surface area contributed by atoms with Crippen LogP contribution in [-0.2, 0) is 0 Å². The fraction of sp³-hybridized carbons (Fsp3) is 0.211. The maximum atomic E-state index is 12.4. The van der Waals surface area contributed by atoms with E-state index >= 15 is 0 Å². The maximum absolute atomic E-state index is 12.4. The van der Waals surface area contributed by atoms with Gasteiger partial charge in [0.15, 0.2) is 0 Å². The Morgan fingerprint density at radius 1 is 1.17 bits per heavy atom. The summed E-state index contributed by atoms with van der Waals surface area (Å²) in [5.74, 6) is 1.50. The fourth-order valence-electron chi connectivity index (χ4n) is 2.46. The van der Waals surface area contributed by atoms with Crippen LogP contribution in [-0.4, -0.2) is 25.1 Å². The molecular weight excluding hydrogens is 304 g/mol. The summed E-state index contributed by atoms with van der Waals surface area (Å²) in [6.45, 7) is 1.94. The van der Waals surface area contributed by atoms with Gasteiger partial charge in [-0.25, -0.2) is 4.79 Å². The van der Waals surface area contributed by atoms with E-state index in [2.05, 4.69) is 5.32 Å². The molecule has 0 saturated carbocycles. The van der Waals surface area contributed by atoms with Crippen molar-refractivity contribution in [1.29, 1.82) is 0 Å². The quantitative estimate of drug-likeness (QED) is 0.759. The number of urea groups is 1. The number of ether oxygens (including phenoxy) is 1. The number of para-hydroxylation sites is 1. The number of rotatable bonds is 4. The van der Waals surface area contributed by atoms with Crippen LogP contribution < -0.4 is 10.1 Å². The molecule has 24 heavy (non-hydrogen) atoms. The van der Waals surface area contributed by atoms with Crippen molar-refractivity contribution in [2.75, 3.05) is 19.5 Å². The summed E-state index contributed by atoms with van der Waals surface area (Å²) in [7, 11) is 3.35. The Kier molecular flexibility index (Phi) is 4.42. The Morgan fingerprint density at radius 2 is 1.88 bits per heavy atom. The van der Waals surface area contributed by atoms with Crippen molar-refractivity contribution in [1.82, 2.24) is 4.90 Å². The monoisotopic (exact) mass is 324 g/mol. The van der Waals surface area contributed by atoms with Gasteiger partial charge in [0.1, 0.15) is 17.1 Å². The van der Waals surface area contributed by atoms with E-state index < -0.39 is 0 Å². The molecule has 3 aromatic rings. The minimum Gasteiger partial charge on any atom is -0.497 e. The third-order valence-corrected chi connectivity index (χ3v) is 4.10. The van der Waals surface area contributed by atoms with Crippen molar-refractivity contribution in [3.63, 3.8) is 0 Å². The third-order valence-electron chi connectivity index (χ3n) is 4.10. The number of hydrogen-bond donors (Lipinski definition) is 1. The number of fused-ring (bicyclic) bond motifs is 1. The van der Waals surface area contributed by atoms with Crippen LogP contribution in [0.4, 0.5) is 10.5 Å². The second-order valence-corrected chi connectivity index (χ2v) is 5.63. The lowest BCUT2D eigenvalue weighted by molar-refractivity contribution is 0.201. The molecule has 5 nitrogen and oxygen atoms in total. The van der Waals surface area contributed by atoms with Gasteiger partial charge in [-0.15, -0.1) is 0 Å². The minimum absolute atomic E-state index is 0.185. The third kappa shape index (κ3) is 3.20. The van der Waals surface area contributed by atoms with E-state index in [9.17, 15) is 4.79 Å². The van der Waals surface area contributed by atoms with E-state index in [1.807, 2.05) is 37.3 Å². The van der Waals surface area contributed by atoms with Crippen molar-refractivity contribution in [2.45, 2.75) is 13.0 Å². The first-order valence-electron chi connectivity index (χ1n) is 7.75. The Bertz CT molecular complexity index is 806. The lowest BCUT2D eigenvalue weighted by atomic mass is 10.2. The molecule has 124 valence electrons. The number of nitrogens with zero attached hydrogens (tertiary/aromatic N) is 1. The van der Waals surface area contributed by atoms with Gasteiger partial charge >= 0.3 is 6.03 Å². The Balaban J connectivity index is 1.71. The van der Waals surface area contributed by atoms with E-state index in [-0.39, 0.29) is 12.1 Å². The van der Waals surface area contributed by atoms with Crippen LogP contribution in [0.2, 0.25) is 0 Å². The van der Waals surface area contributed by atoms with Gasteiger partial charge in [0, 0.05) is 18.1 Å². The van der Waals surface area contributed by atoms with Crippen LogP contribution in [0, 0.1) is 0 Å². The number of hydrogen-bond acceptors (Lipinski definition) is 3. The maximum Gasteiger partial charge on any atom is 0.322 e. The van der Waals surface area contributed by atoms with E-state index in [4.69, 9.17) is 9.15 Å². The zero-order valence-corrected chi connectivity index (χ0v) is 13.9. The molecule has 0 radical (unpaired) electrons. The number of carbonyl (C=O) groups excluding carboxylic acids is 1. The number of furan rings is 1. The largest absolute Gasteiger partial charge is 0.497 e. The summed E-state index contributed by atoms with van der Waals surface area (Å²) in [5, 5.41) is 3.90. The normalized spacial score (nSPS) is 12.0. The van der Waals surface area contributed by atoms with Gasteiger partial charge in [-0.2, -0.15) is 0 Å². The second-order valence-electron chi connectivity index (χ2n) is 5.63. The number of anilines is 1. The lowest BCUT2D eigenvalue weighted by Gasteiger charge is -2.23. The van der Waals surface area contributed by atoms with Crippen LogP contribution >= 0.6 is 0 Å². The minimum atomic E-state index is -0.201. The standard InChI is InChI=1S/C19H20N2O3/c1-13(18-12-14-6-4-5-7-17(14)24-18)21(2)19(22)20-15-8-10-16(23-3)11-9-15/h4-13H,1-3H3,(H,20,22)/t13-/m1/s1. The number of benzene rings is 2. The molecule has 1 heterocycles. The molecule has 5 heteroatoms. The van der Waals surface area contributed by atoms with Crippen LogP contribution in [0.5, 0.6) is 5.75 Å². The van der Waals surface area contributed by atoms with E-state index in [0.29, 0.717) is 5.69 Å². The van der Waals surface area contributed by atoms with Gasteiger partial charge in [-0.1, -0.05) is 18.2 Å². The molecule has 2 amide bonds. The van der Waals surface area contributed by atoms with Gasteiger partial charge in [0.25, 0.3) is 0 Å². The second kappa shape index (κ2) is 6.66. The highest BCUT2D eigenvalue weighted by Crippen LogP contribution is 2.27. The van der Waals surface area contributed by atoms with Gasteiger partial charge in [0.05, 0.1) is 13.2 Å². The molecule has 1 atom stereocenters. The van der Waals surface area contributed by atoms with Crippen molar-refractivity contribution < 1.29 is 13.9 Å². The molecule has 0 bridgehead atoms. The predicted molar refractivity (Wildman–Crippen MR) is 94.4 cm³/mol. The van der Waals surface area contributed by atoms with Crippen molar-refractivity contribution in [3.05, 3.63) is 60.4 Å². The molecule has 0 aliphatic carbocycles. The average molecular weight is 324 g/mol. The zero-order chi connectivity index (χ0) is 17.1. The molecule has 0 saturated heterocycles. The molecule has 2 aromatic carbocycles. The summed E-state index contributed by atoms with van der Waals surface area (Å²) in [4.78, 5) is 14.1. The molecule has 3 rings (SSSR count). The van der Waals surface area contributed by atoms with Crippen molar-refractivity contribution >= 4 is 22.7 Å². The first kappa shape index (κ1) is 15.9. The van der Waals surface area contributed by atoms with E-state index in [0.717, 1.165) is 22.5 Å². The number of nitrogens with one attached hydrogen (secondary N) is 1. The summed E-state index contributed by atoms with van der Waals surface area (Å²) in [5.41, 5.74) is 1.53. The SMILES string of the molecule is COc1ccc(NC(=O)N(C)[C@H](C)c2cc3ccccc3o2)cc1. The predicted octanol–water partition coefficient (Wildman–Crippen LogP) is 4.67. The van der Waals surface area contributed by atoms with Crippen molar-refractivity contribution in [3.8, 4) is 5.75 Å². The molecule has 0 aliphatic rings. The zero-order valence-electron chi connectivity index (χ0n) is 13.9. The number of carbonyl (C=O) groups is 1. The molecule has 1 aromatic heterocycles. The smallest absolute Gasteiger partial charge is 0.322 e. The molecule has 1 N–H and O–H groups in total. The summed E-state index contributed by atoms with van der Waals surface area (Å²) in [6, 6.07) is 16.6. The number of amides is 2. The first-order valence-corrected chi connectivity index (χ1v) is 7.75. The Hall–Kier alpha value is -2.95. The highest BCUT2D eigenvalue weighted by Gasteiger charge is 2.20. The van der Waals surface area contributed by atoms with E-state index in [1.54, 1.807) is 43.3 Å². The van der Waals surface area contributed by atoms with Gasteiger partial charge in [0.2, 0.25) is 0 Å². The lowest BCUT2D eigenvalue weighted by Crippen LogP contribution is -2.33. The van der Waals surface area contributed by atoms with Gasteiger partial charge < -0.3 is 19.4 Å². The van der Waals surface area contributed by atoms with E-state index in [1.165, 1.54) is 0 Å². The topological polar surface area (TPSA) is 54.7 Å². The molecular formula is C19H20N2O3. The molecule has 0 unspecified atom stereocenters. The van der Waals surface area contributed by atoms with Crippen LogP contribution in [0.25, 0.3) is 11.0 Å². The molecule has 0 spiro atoms. The van der Waals surface area contributed by atoms with Crippen molar-refractivity contribution in [2.24, 2.45) is 0 Å². The van der Waals surface area contributed by atoms with Crippen LogP contribution in [0.3, 0.4) is 0 Å². The van der Waals surface area contributed by atoms with Crippen LogP contribution in [0.15, 0.2) is 59.0 Å². The number of methoxy groups -OCH3 is 1. The molecule has 0 fully saturated rings. The van der Waals surface area contributed by atoms with Crippen LogP contribution in [0.1, 0.15) is 18.7 Å². The molecule has 0 aliphatic heterocycles. The summed E-state index contributed by atoms with van der Waals surface area (Å²) in [6.07, 6.45) is 0. The Morgan fingerprint density at radius 3 is 2.54 bits per heavy atom. The highest BCUT2D eigenvalue weighted by atomic mass is 16.5. The highest BCUT2D eigenvalue weighted by molar-refractivity contribution is 5.89. The van der Waals surface area contributed by atoms with Gasteiger partial charge in [-0.3, -0.25) is 0 Å². The van der Waals surface area contributed by atoms with Gasteiger partial charge in [-0.05, 0) is 43.3 Å². The first-order chi connectivity index (χ1) is 11.6.